The van der Waals surface area contributed by atoms with Crippen LogP contribution >= 0.6 is 11.8 Å². The summed E-state index contributed by atoms with van der Waals surface area (Å²) in [6.07, 6.45) is 1.04. The predicted octanol–water partition coefficient (Wildman–Crippen LogP) is 4.70. The van der Waals surface area contributed by atoms with E-state index in [1.165, 1.54) is 11.8 Å². The van der Waals surface area contributed by atoms with Crippen LogP contribution in [0.3, 0.4) is 0 Å². The van der Waals surface area contributed by atoms with Crippen LogP contribution in [-0.4, -0.2) is 25.8 Å². The quantitative estimate of drug-likeness (QED) is 0.663. The number of rotatable bonds is 6. The van der Waals surface area contributed by atoms with E-state index < -0.39 is 8.32 Å². The Kier molecular flexibility index (Phi) is 6.65. The zero-order valence-electron chi connectivity index (χ0n) is 13.3. The molecule has 0 saturated heterocycles. The summed E-state index contributed by atoms with van der Waals surface area (Å²) in [6, 6.07) is 0. The smallest absolute Gasteiger partial charge is 0.196 e. The number of hydrogen-bond donors (Lipinski definition) is 0. The lowest BCUT2D eigenvalue weighted by Gasteiger charge is -2.38. The van der Waals surface area contributed by atoms with Crippen molar-refractivity contribution in [2.24, 2.45) is 5.41 Å². The van der Waals surface area contributed by atoms with E-state index in [0.717, 1.165) is 12.2 Å². The van der Waals surface area contributed by atoms with Crippen molar-refractivity contribution in [2.75, 3.05) is 12.4 Å². The maximum Gasteiger partial charge on any atom is 0.196 e. The Bertz CT molecular complexity index is 280. The van der Waals surface area contributed by atoms with Gasteiger partial charge in [0.25, 0.3) is 0 Å². The van der Waals surface area contributed by atoms with Crippen molar-refractivity contribution in [1.29, 1.82) is 0 Å². The first-order valence-corrected chi connectivity index (χ1v) is 10.6. The van der Waals surface area contributed by atoms with E-state index >= 15 is 0 Å². The second-order valence-electron chi connectivity index (χ2n) is 7.07. The lowest BCUT2D eigenvalue weighted by atomic mass is 9.97. The highest BCUT2D eigenvalue weighted by Gasteiger charge is 2.39. The van der Waals surface area contributed by atoms with Gasteiger partial charge < -0.3 is 4.43 Å². The molecule has 0 aromatic carbocycles. The summed E-state index contributed by atoms with van der Waals surface area (Å²) >= 11 is 1.44. The molecule has 18 heavy (non-hydrogen) atoms. The van der Waals surface area contributed by atoms with Gasteiger partial charge in [0.2, 0.25) is 0 Å². The van der Waals surface area contributed by atoms with E-state index in [0.29, 0.717) is 6.61 Å². The second-order valence-corrected chi connectivity index (χ2v) is 12.9. The standard InChI is InChI=1S/C14H30O2SSi/c1-9-10-17-12(15)14(5,6)11-16-18(7,8)13(2,3)4/h9-11H2,1-8H3. The summed E-state index contributed by atoms with van der Waals surface area (Å²) in [5.41, 5.74) is -0.380. The first kappa shape index (κ1) is 18.2. The first-order valence-electron chi connectivity index (χ1n) is 6.75. The molecule has 0 atom stereocenters. The molecule has 0 N–H and O–H groups in total. The highest BCUT2D eigenvalue weighted by molar-refractivity contribution is 8.13. The molecule has 0 aliphatic rings. The fourth-order valence-electron chi connectivity index (χ4n) is 1.03. The maximum absolute atomic E-state index is 12.1. The van der Waals surface area contributed by atoms with Gasteiger partial charge in [-0.1, -0.05) is 39.5 Å². The van der Waals surface area contributed by atoms with Crippen LogP contribution in [0.5, 0.6) is 0 Å². The summed E-state index contributed by atoms with van der Waals surface area (Å²) in [5.74, 6) is 0.905. The van der Waals surface area contributed by atoms with Crippen LogP contribution in [0.4, 0.5) is 0 Å². The lowest BCUT2D eigenvalue weighted by molar-refractivity contribution is -0.119. The Balaban J connectivity index is 4.47. The highest BCUT2D eigenvalue weighted by Crippen LogP contribution is 2.38. The Morgan fingerprint density at radius 2 is 1.67 bits per heavy atom. The number of thioether (sulfide) groups is 1. The molecular formula is C14H30O2SSi. The molecular weight excluding hydrogens is 260 g/mol. The Hall–Kier alpha value is 0.197. The molecule has 0 heterocycles. The minimum absolute atomic E-state index is 0.197. The van der Waals surface area contributed by atoms with Gasteiger partial charge in [-0.3, -0.25) is 4.79 Å². The molecule has 0 amide bonds. The van der Waals surface area contributed by atoms with Crippen LogP contribution in [0.1, 0.15) is 48.0 Å². The SMILES string of the molecule is CCCSC(=O)C(C)(C)CO[Si](C)(C)C(C)(C)C. The zero-order valence-corrected chi connectivity index (χ0v) is 15.2. The van der Waals surface area contributed by atoms with Gasteiger partial charge in [0.05, 0.1) is 5.41 Å². The summed E-state index contributed by atoms with van der Waals surface area (Å²) in [4.78, 5) is 12.1. The molecule has 0 unspecified atom stereocenters. The van der Waals surface area contributed by atoms with Gasteiger partial charge >= 0.3 is 0 Å². The molecule has 0 aromatic heterocycles. The summed E-state index contributed by atoms with van der Waals surface area (Å²) in [5, 5.41) is 0.450. The van der Waals surface area contributed by atoms with Gasteiger partial charge in [-0.25, -0.2) is 0 Å². The molecule has 0 saturated carbocycles. The van der Waals surface area contributed by atoms with Gasteiger partial charge in [0.15, 0.2) is 13.4 Å². The fraction of sp³-hybridized carbons (Fsp3) is 0.929. The Labute approximate surface area is 118 Å². The van der Waals surface area contributed by atoms with Crippen LogP contribution in [0.15, 0.2) is 0 Å². The third-order valence-corrected chi connectivity index (χ3v) is 9.50. The summed E-state index contributed by atoms with van der Waals surface area (Å²) in [6.45, 7) is 17.7. The molecule has 108 valence electrons. The average molecular weight is 291 g/mol. The highest BCUT2D eigenvalue weighted by atomic mass is 32.2. The molecule has 0 radical (unpaired) electrons. The van der Waals surface area contributed by atoms with E-state index in [1.54, 1.807) is 0 Å². The third kappa shape index (κ3) is 5.45. The van der Waals surface area contributed by atoms with Crippen molar-refractivity contribution in [3.63, 3.8) is 0 Å². The number of carbonyl (C=O) groups excluding carboxylic acids is 1. The van der Waals surface area contributed by atoms with E-state index in [4.69, 9.17) is 4.43 Å². The molecule has 0 aliphatic carbocycles. The minimum atomic E-state index is -1.75. The Morgan fingerprint density at radius 3 is 2.06 bits per heavy atom. The van der Waals surface area contributed by atoms with Crippen molar-refractivity contribution in [3.05, 3.63) is 0 Å². The van der Waals surface area contributed by atoms with E-state index in [-0.39, 0.29) is 15.6 Å². The van der Waals surface area contributed by atoms with Gasteiger partial charge in [-0.2, -0.15) is 0 Å². The van der Waals surface area contributed by atoms with Crippen LogP contribution < -0.4 is 0 Å². The third-order valence-electron chi connectivity index (χ3n) is 3.59. The van der Waals surface area contributed by atoms with E-state index in [1.807, 2.05) is 13.8 Å². The van der Waals surface area contributed by atoms with Gasteiger partial charge in [-0.15, -0.1) is 0 Å². The largest absolute Gasteiger partial charge is 0.416 e. The van der Waals surface area contributed by atoms with Crippen LogP contribution in [0.2, 0.25) is 18.1 Å². The molecule has 0 bridgehead atoms. The second kappa shape index (κ2) is 6.57. The van der Waals surface area contributed by atoms with Crippen LogP contribution in [-0.2, 0) is 9.22 Å². The first-order chi connectivity index (χ1) is 7.94. The molecule has 4 heteroatoms. The van der Waals surface area contributed by atoms with Gasteiger partial charge in [0.1, 0.15) is 0 Å². The lowest BCUT2D eigenvalue weighted by Crippen LogP contribution is -2.44. The van der Waals surface area contributed by atoms with Crippen molar-refractivity contribution in [1.82, 2.24) is 0 Å². The van der Waals surface area contributed by atoms with Gasteiger partial charge in [0, 0.05) is 12.4 Å². The summed E-state index contributed by atoms with van der Waals surface area (Å²) < 4.78 is 6.16. The molecule has 0 aliphatic heterocycles. The zero-order chi connectivity index (χ0) is 14.6. The number of hydrogen-bond acceptors (Lipinski definition) is 3. The van der Waals surface area contributed by atoms with Gasteiger partial charge in [-0.05, 0) is 38.4 Å². The maximum atomic E-state index is 12.1. The van der Waals surface area contributed by atoms with E-state index in [9.17, 15) is 4.79 Å². The average Bonchev–Trinajstić information content (AvgIpc) is 2.21. The number of carbonyl (C=O) groups is 1. The van der Waals surface area contributed by atoms with Crippen LogP contribution in [0.25, 0.3) is 0 Å². The molecule has 0 rings (SSSR count). The molecule has 0 fully saturated rings. The van der Waals surface area contributed by atoms with Crippen molar-refractivity contribution >= 4 is 25.2 Å². The fourth-order valence-corrected chi connectivity index (χ4v) is 3.02. The Morgan fingerprint density at radius 1 is 1.17 bits per heavy atom. The monoisotopic (exact) mass is 290 g/mol. The molecule has 0 spiro atoms. The molecule has 0 aromatic rings. The molecule has 2 nitrogen and oxygen atoms in total. The van der Waals surface area contributed by atoms with Crippen molar-refractivity contribution in [2.45, 2.75) is 66.1 Å². The summed E-state index contributed by atoms with van der Waals surface area (Å²) in [7, 11) is -1.75. The minimum Gasteiger partial charge on any atom is -0.416 e. The van der Waals surface area contributed by atoms with Crippen LogP contribution in [0, 0.1) is 5.41 Å². The predicted molar refractivity (Wildman–Crippen MR) is 84.7 cm³/mol. The normalized spacial score (nSPS) is 13.8. The van der Waals surface area contributed by atoms with Crippen molar-refractivity contribution in [3.8, 4) is 0 Å². The topological polar surface area (TPSA) is 26.3 Å². The van der Waals surface area contributed by atoms with E-state index in [2.05, 4.69) is 40.8 Å². The van der Waals surface area contributed by atoms with Crippen molar-refractivity contribution < 1.29 is 9.22 Å².